The Morgan fingerprint density at radius 1 is 1.40 bits per heavy atom. The quantitative estimate of drug-likeness (QED) is 0.852. The van der Waals surface area contributed by atoms with Crippen LogP contribution in [0.25, 0.3) is 0 Å². The molecule has 20 heavy (non-hydrogen) atoms. The maximum atomic E-state index is 12.1. The van der Waals surface area contributed by atoms with Crippen molar-refractivity contribution in [3.05, 3.63) is 48.6 Å². The molecule has 3 aliphatic heterocycles. The van der Waals surface area contributed by atoms with E-state index < -0.39 is 0 Å². The van der Waals surface area contributed by atoms with Gasteiger partial charge in [0.2, 0.25) is 0 Å². The fourth-order valence-electron chi connectivity index (χ4n) is 3.56. The number of fused-ring (bicyclic) bond motifs is 3. The number of rotatable bonds is 4. The molecular weight excluding hydrogens is 248 g/mol. The highest BCUT2D eigenvalue weighted by molar-refractivity contribution is 5.94. The first kappa shape index (κ1) is 13.4. The van der Waals surface area contributed by atoms with E-state index in [2.05, 4.69) is 22.9 Å². The molecule has 1 aromatic rings. The number of piperidine rings is 3. The number of hydrogen-bond acceptors (Lipinski definition) is 2. The minimum atomic E-state index is 0.0357. The molecule has 3 nitrogen and oxygen atoms in total. The summed E-state index contributed by atoms with van der Waals surface area (Å²) in [6.45, 7) is 6.98. The second-order valence-corrected chi connectivity index (χ2v) is 5.91. The molecule has 106 valence electrons. The molecule has 0 radical (unpaired) electrons. The lowest BCUT2D eigenvalue weighted by Gasteiger charge is -2.49. The molecule has 4 rings (SSSR count). The molecule has 1 N–H and O–H groups in total. The van der Waals surface area contributed by atoms with Crippen LogP contribution >= 0.6 is 0 Å². The van der Waals surface area contributed by atoms with Gasteiger partial charge in [0, 0.05) is 24.7 Å². The summed E-state index contributed by atoms with van der Waals surface area (Å²) in [6.07, 6.45) is 4.57. The number of amides is 1. The number of nitrogens with zero attached hydrogens (tertiary/aromatic N) is 1. The molecule has 3 saturated heterocycles. The van der Waals surface area contributed by atoms with Gasteiger partial charge in [0.25, 0.3) is 5.91 Å². The smallest absolute Gasteiger partial charge is 0.251 e. The van der Waals surface area contributed by atoms with Crippen molar-refractivity contribution in [2.24, 2.45) is 11.8 Å². The normalized spacial score (nSPS) is 31.8. The van der Waals surface area contributed by atoms with Crippen LogP contribution in [0.2, 0.25) is 0 Å². The molecule has 4 atom stereocenters. The van der Waals surface area contributed by atoms with Gasteiger partial charge >= 0.3 is 0 Å². The molecule has 3 fully saturated rings. The molecular formula is C17H22N2O. The van der Waals surface area contributed by atoms with Crippen molar-refractivity contribution in [3.8, 4) is 0 Å². The summed E-state index contributed by atoms with van der Waals surface area (Å²) in [5, 5.41) is 3.08. The lowest BCUT2D eigenvalue weighted by atomic mass is 9.75. The zero-order valence-electron chi connectivity index (χ0n) is 11.8. The zero-order chi connectivity index (χ0) is 13.9. The monoisotopic (exact) mass is 270 g/mol. The minimum Gasteiger partial charge on any atom is -0.350 e. The van der Waals surface area contributed by atoms with Gasteiger partial charge < -0.3 is 5.32 Å². The van der Waals surface area contributed by atoms with Gasteiger partial charge in [-0.1, -0.05) is 24.3 Å². The second kappa shape index (κ2) is 5.80. The van der Waals surface area contributed by atoms with E-state index in [4.69, 9.17) is 0 Å². The summed E-state index contributed by atoms with van der Waals surface area (Å²) >= 11 is 0. The van der Waals surface area contributed by atoms with Crippen LogP contribution < -0.4 is 5.32 Å². The van der Waals surface area contributed by atoms with E-state index in [0.717, 1.165) is 24.6 Å². The van der Waals surface area contributed by atoms with E-state index in [1.54, 1.807) is 0 Å². The van der Waals surface area contributed by atoms with Crippen molar-refractivity contribution in [2.75, 3.05) is 19.6 Å². The van der Waals surface area contributed by atoms with Crippen LogP contribution in [0.1, 0.15) is 23.2 Å². The van der Waals surface area contributed by atoms with Gasteiger partial charge in [0.1, 0.15) is 0 Å². The van der Waals surface area contributed by atoms with Gasteiger partial charge in [-0.05, 0) is 43.4 Å². The molecule has 0 saturated carbocycles. The van der Waals surface area contributed by atoms with Crippen LogP contribution in [-0.2, 0) is 0 Å². The Labute approximate surface area is 120 Å². The van der Waals surface area contributed by atoms with Crippen molar-refractivity contribution in [2.45, 2.75) is 18.9 Å². The van der Waals surface area contributed by atoms with Gasteiger partial charge in [0.05, 0.1) is 0 Å². The maximum Gasteiger partial charge on any atom is 0.251 e. The predicted molar refractivity (Wildman–Crippen MR) is 80.5 cm³/mol. The molecule has 0 aromatic heterocycles. The highest BCUT2D eigenvalue weighted by Crippen LogP contribution is 2.36. The van der Waals surface area contributed by atoms with Crippen LogP contribution in [0, 0.1) is 11.8 Å². The fraction of sp³-hybridized carbons (Fsp3) is 0.471. The highest BCUT2D eigenvalue weighted by atomic mass is 16.1. The SMILES string of the molecule is C=C[C@@H]1CN2CC[C@@H]1C[C@H]2CNC(=O)c1ccccc1. The van der Waals surface area contributed by atoms with Gasteiger partial charge in [-0.15, -0.1) is 6.58 Å². The lowest BCUT2D eigenvalue weighted by Crippen LogP contribution is -2.56. The van der Waals surface area contributed by atoms with E-state index >= 15 is 0 Å². The molecule has 3 heterocycles. The van der Waals surface area contributed by atoms with Gasteiger partial charge in [0.15, 0.2) is 0 Å². The Hall–Kier alpha value is -1.61. The third-order valence-corrected chi connectivity index (χ3v) is 4.77. The average Bonchev–Trinajstić information content (AvgIpc) is 2.53. The molecule has 2 bridgehead atoms. The van der Waals surface area contributed by atoms with Gasteiger partial charge in [-0.2, -0.15) is 0 Å². The number of benzene rings is 1. The largest absolute Gasteiger partial charge is 0.350 e. The van der Waals surface area contributed by atoms with E-state index in [9.17, 15) is 4.79 Å². The summed E-state index contributed by atoms with van der Waals surface area (Å²) in [7, 11) is 0. The Balaban J connectivity index is 1.55. The summed E-state index contributed by atoms with van der Waals surface area (Å²) < 4.78 is 0. The van der Waals surface area contributed by atoms with Crippen molar-refractivity contribution in [3.63, 3.8) is 0 Å². The van der Waals surface area contributed by atoms with Crippen molar-refractivity contribution < 1.29 is 4.79 Å². The zero-order valence-corrected chi connectivity index (χ0v) is 11.8. The van der Waals surface area contributed by atoms with Gasteiger partial charge in [-0.25, -0.2) is 0 Å². The first-order valence-corrected chi connectivity index (χ1v) is 7.48. The third kappa shape index (κ3) is 2.63. The van der Waals surface area contributed by atoms with E-state index in [1.807, 2.05) is 30.3 Å². The number of carbonyl (C=O) groups excluding carboxylic acids is 1. The van der Waals surface area contributed by atoms with Crippen LogP contribution in [-0.4, -0.2) is 36.5 Å². The topological polar surface area (TPSA) is 32.3 Å². The first-order valence-electron chi connectivity index (χ1n) is 7.48. The van der Waals surface area contributed by atoms with Crippen molar-refractivity contribution >= 4 is 5.91 Å². The second-order valence-electron chi connectivity index (χ2n) is 5.91. The Morgan fingerprint density at radius 3 is 2.85 bits per heavy atom. The van der Waals surface area contributed by atoms with Crippen LogP contribution in [0.15, 0.2) is 43.0 Å². The molecule has 3 heteroatoms. The summed E-state index contributed by atoms with van der Waals surface area (Å²) in [6, 6.07) is 9.94. The number of hydrogen-bond donors (Lipinski definition) is 1. The first-order chi connectivity index (χ1) is 9.78. The van der Waals surface area contributed by atoms with E-state index in [1.165, 1.54) is 19.4 Å². The van der Waals surface area contributed by atoms with Gasteiger partial charge in [-0.3, -0.25) is 9.69 Å². The van der Waals surface area contributed by atoms with Crippen molar-refractivity contribution in [1.82, 2.24) is 10.2 Å². The molecule has 0 aliphatic carbocycles. The van der Waals surface area contributed by atoms with Crippen LogP contribution in [0.4, 0.5) is 0 Å². The summed E-state index contributed by atoms with van der Waals surface area (Å²) in [5.41, 5.74) is 0.743. The minimum absolute atomic E-state index is 0.0357. The Kier molecular flexibility index (Phi) is 3.88. The lowest BCUT2D eigenvalue weighted by molar-refractivity contribution is 0.0195. The number of carbonyl (C=O) groups is 1. The summed E-state index contributed by atoms with van der Waals surface area (Å²) in [5.74, 6) is 1.44. The molecule has 1 aromatic carbocycles. The maximum absolute atomic E-state index is 12.1. The average molecular weight is 270 g/mol. The summed E-state index contributed by atoms with van der Waals surface area (Å²) in [4.78, 5) is 14.6. The fourth-order valence-corrected chi connectivity index (χ4v) is 3.56. The standard InChI is InChI=1S/C17H22N2O/c1-2-13-12-19-9-8-15(13)10-16(19)11-18-17(20)14-6-4-3-5-7-14/h2-7,13,15-16H,1,8-12H2,(H,18,20)/t13-,15-,16+/m1/s1. The molecule has 1 amide bonds. The Bertz CT molecular complexity index is 485. The Morgan fingerprint density at radius 2 is 2.20 bits per heavy atom. The molecule has 0 spiro atoms. The van der Waals surface area contributed by atoms with Crippen molar-refractivity contribution in [1.29, 1.82) is 0 Å². The van der Waals surface area contributed by atoms with E-state index in [-0.39, 0.29) is 5.91 Å². The van der Waals surface area contributed by atoms with E-state index in [0.29, 0.717) is 12.0 Å². The highest BCUT2D eigenvalue weighted by Gasteiger charge is 2.38. The predicted octanol–water partition coefficient (Wildman–Crippen LogP) is 2.31. The molecule has 3 aliphatic rings. The van der Waals surface area contributed by atoms with Crippen LogP contribution in [0.5, 0.6) is 0 Å². The molecule has 1 unspecified atom stereocenters. The van der Waals surface area contributed by atoms with Crippen LogP contribution in [0.3, 0.4) is 0 Å². The number of nitrogens with one attached hydrogen (secondary N) is 1. The third-order valence-electron chi connectivity index (χ3n) is 4.77.